The van der Waals surface area contributed by atoms with Crippen LogP contribution >= 0.6 is 0 Å². The molecular formula is C25H41NaO7S. The molecule has 34 heavy (non-hydrogen) atoms. The number of carbonyl (C=O) groups is 2. The fraction of sp³-hybridized carbons (Fsp3) is 0.680. The van der Waals surface area contributed by atoms with Gasteiger partial charge < -0.3 is 5.11 Å². The predicted octanol–water partition coefficient (Wildman–Crippen LogP) is 6.21. The first kappa shape index (κ1) is 33.1. The third kappa shape index (κ3) is 20.4. The van der Waals surface area contributed by atoms with Crippen LogP contribution in [0.3, 0.4) is 0 Å². The monoisotopic (exact) mass is 508 g/mol. The van der Waals surface area contributed by atoms with Gasteiger partial charge in [-0.25, -0.2) is 0 Å². The molecule has 0 spiro atoms. The van der Waals surface area contributed by atoms with Crippen LogP contribution in [0.15, 0.2) is 29.2 Å². The summed E-state index contributed by atoms with van der Waals surface area (Å²) >= 11 is 0.768. The van der Waals surface area contributed by atoms with Gasteiger partial charge in [0.15, 0.2) is 0 Å². The Bertz CT molecular complexity index is 779. The van der Waals surface area contributed by atoms with E-state index in [1.807, 2.05) is 6.92 Å². The van der Waals surface area contributed by atoms with Crippen molar-refractivity contribution < 1.29 is 32.8 Å². The molecule has 0 bridgehead atoms. The summed E-state index contributed by atoms with van der Waals surface area (Å²) in [5.74, 6) is -1.29. The number of unbranched alkanes of at least 4 members (excludes halogenated alkanes) is 12. The number of carboxylic acid groups (broad SMARTS) is 2. The molecular weight excluding hydrogens is 467 g/mol. The maximum atomic E-state index is 10.7. The standard InChI is InChI=1S/C18H33O4.C7H8O3S.Na/c19-17(20)15-13-11-9-7-5-3-1-2-4-6-8-10-12-14-16-18(21)22;1-6-2-4-7(5-3-6)11(8,9)10;/h15H,1-14,16H2,(H,19,20)(H,21,22);2-5H,1H3,(H,8,9,10);. The zero-order valence-corrected chi connectivity index (χ0v) is 23.7. The summed E-state index contributed by atoms with van der Waals surface area (Å²) in [5.41, 5.74) is 0.956. The van der Waals surface area contributed by atoms with E-state index in [2.05, 4.69) is 0 Å². The van der Waals surface area contributed by atoms with E-state index in [1.54, 1.807) is 12.1 Å². The first-order chi connectivity index (χ1) is 16.0. The topological polar surface area (TPSA) is 129 Å². The SMILES string of the molecule is Cc1ccc(S(=O)(=O)O)cc1.O=C(O)CCCCCCCCCCCCCCC[CH]([Na])C(=O)O. The van der Waals surface area contributed by atoms with Gasteiger partial charge in [0.05, 0.1) is 4.90 Å². The molecule has 1 aromatic carbocycles. The second-order valence-electron chi connectivity index (χ2n) is 9.06. The van der Waals surface area contributed by atoms with Gasteiger partial charge in [0.2, 0.25) is 0 Å². The minimum atomic E-state index is -4.02. The van der Waals surface area contributed by atoms with Crippen molar-refractivity contribution in [1.29, 1.82) is 0 Å². The van der Waals surface area contributed by atoms with E-state index in [0.29, 0.717) is 6.42 Å². The summed E-state index contributed by atoms with van der Waals surface area (Å²) in [6.45, 7) is 1.84. The maximum absolute atomic E-state index is 10.7. The first-order valence-electron chi connectivity index (χ1n) is 12.5. The van der Waals surface area contributed by atoms with Crippen molar-refractivity contribution in [3.05, 3.63) is 29.8 Å². The predicted molar refractivity (Wildman–Crippen MR) is 135 cm³/mol. The van der Waals surface area contributed by atoms with Gasteiger partial charge in [-0.15, -0.1) is 0 Å². The Morgan fingerprint density at radius 1 is 0.765 bits per heavy atom. The average Bonchev–Trinajstić information content (AvgIpc) is 2.76. The molecule has 9 heteroatoms. The second-order valence-corrected chi connectivity index (χ2v) is 11.9. The zero-order valence-electron chi connectivity index (χ0n) is 20.9. The van der Waals surface area contributed by atoms with Gasteiger partial charge >= 0.3 is 124 Å². The van der Waals surface area contributed by atoms with Crippen LogP contribution in [0.2, 0.25) is 3.17 Å². The summed E-state index contributed by atoms with van der Waals surface area (Å²) in [4.78, 5) is 21.0. The van der Waals surface area contributed by atoms with E-state index >= 15 is 0 Å². The molecule has 0 saturated carbocycles. The molecule has 0 aliphatic rings. The van der Waals surface area contributed by atoms with Crippen molar-refractivity contribution in [3.8, 4) is 0 Å². The van der Waals surface area contributed by atoms with Crippen molar-refractivity contribution in [2.75, 3.05) is 0 Å². The Morgan fingerprint density at radius 3 is 1.50 bits per heavy atom. The first-order valence-corrected chi connectivity index (χ1v) is 15.1. The van der Waals surface area contributed by atoms with Crippen molar-refractivity contribution in [1.82, 2.24) is 0 Å². The van der Waals surface area contributed by atoms with Crippen molar-refractivity contribution in [3.63, 3.8) is 0 Å². The van der Waals surface area contributed by atoms with E-state index in [9.17, 15) is 18.0 Å². The molecule has 190 valence electrons. The van der Waals surface area contributed by atoms with Gasteiger partial charge in [-0.1, -0.05) is 30.5 Å². The number of aryl methyl sites for hydroxylation is 1. The van der Waals surface area contributed by atoms with Crippen LogP contribution in [-0.4, -0.2) is 63.1 Å². The summed E-state index contributed by atoms with van der Waals surface area (Å²) in [7, 11) is -4.02. The fourth-order valence-corrected chi connectivity index (χ4v) is 4.39. The molecule has 0 aliphatic carbocycles. The van der Waals surface area contributed by atoms with Gasteiger partial charge in [0.25, 0.3) is 10.1 Å². The molecule has 3 N–H and O–H groups in total. The zero-order chi connectivity index (χ0) is 25.8. The molecule has 1 rings (SSSR count). The van der Waals surface area contributed by atoms with Crippen molar-refractivity contribution in [2.45, 2.75) is 111 Å². The molecule has 1 atom stereocenters. The number of carboxylic acids is 2. The Hall–Kier alpha value is -0.930. The fourth-order valence-electron chi connectivity index (χ4n) is 3.51. The number of hydrogen-bond acceptors (Lipinski definition) is 4. The van der Waals surface area contributed by atoms with Gasteiger partial charge in [-0.05, 0) is 25.5 Å². The normalized spacial score (nSPS) is 12.0. The van der Waals surface area contributed by atoms with Crippen molar-refractivity contribution >= 4 is 50.0 Å². The van der Waals surface area contributed by atoms with Crippen LogP contribution in [0.1, 0.15) is 102 Å². The summed E-state index contributed by atoms with van der Waals surface area (Å²) in [6.07, 6.45) is 16.8. The molecule has 0 radical (unpaired) electrons. The third-order valence-electron chi connectivity index (χ3n) is 5.77. The van der Waals surface area contributed by atoms with E-state index in [0.717, 1.165) is 59.2 Å². The second kappa shape index (κ2) is 20.3. The molecule has 7 nitrogen and oxygen atoms in total. The van der Waals surface area contributed by atoms with Crippen molar-refractivity contribution in [2.24, 2.45) is 0 Å². The van der Waals surface area contributed by atoms with Crippen LogP contribution in [0.4, 0.5) is 0 Å². The Kier molecular flexibility index (Phi) is 19.7. The molecule has 0 aromatic heterocycles. The number of aliphatic carboxylic acids is 2. The Balaban J connectivity index is 0.000000818. The third-order valence-corrected chi connectivity index (χ3v) is 7.71. The average molecular weight is 509 g/mol. The van der Waals surface area contributed by atoms with Gasteiger partial charge in [-0.2, -0.15) is 8.42 Å². The van der Waals surface area contributed by atoms with Crippen LogP contribution < -0.4 is 0 Å². The Morgan fingerprint density at radius 2 is 1.15 bits per heavy atom. The van der Waals surface area contributed by atoms with E-state index in [-0.39, 0.29) is 8.06 Å². The number of rotatable bonds is 18. The number of benzene rings is 1. The molecule has 0 saturated heterocycles. The van der Waals surface area contributed by atoms with Crippen LogP contribution in [0.5, 0.6) is 0 Å². The van der Waals surface area contributed by atoms with Gasteiger partial charge in [0, 0.05) is 6.42 Å². The van der Waals surface area contributed by atoms with Gasteiger partial charge in [0.1, 0.15) is 0 Å². The molecule has 0 amide bonds. The van der Waals surface area contributed by atoms with E-state index in [4.69, 9.17) is 14.8 Å². The van der Waals surface area contributed by atoms with Crippen LogP contribution in [0.25, 0.3) is 0 Å². The summed E-state index contributed by atoms with van der Waals surface area (Å²) in [5, 5.41) is 17.3. The summed E-state index contributed by atoms with van der Waals surface area (Å²) in [6, 6.07) is 5.99. The van der Waals surface area contributed by atoms with E-state index < -0.39 is 22.1 Å². The molecule has 0 fully saturated rings. The summed E-state index contributed by atoms with van der Waals surface area (Å²) < 4.78 is 29.5. The van der Waals surface area contributed by atoms with E-state index in [1.165, 1.54) is 76.3 Å². The molecule has 1 aromatic rings. The molecule has 0 heterocycles. The van der Waals surface area contributed by atoms with Crippen LogP contribution in [-0.2, 0) is 19.7 Å². The minimum absolute atomic E-state index is 0.0564. The molecule has 1 unspecified atom stereocenters. The quantitative estimate of drug-likeness (QED) is 0.122. The number of hydrogen-bond donors (Lipinski definition) is 3. The van der Waals surface area contributed by atoms with Crippen LogP contribution in [0, 0.1) is 6.92 Å². The van der Waals surface area contributed by atoms with Gasteiger partial charge in [-0.3, -0.25) is 9.35 Å². The Labute approximate surface area is 222 Å². The molecule has 0 aliphatic heterocycles.